The quantitative estimate of drug-likeness (QED) is 0.0697. The minimum atomic E-state index is -0.643. The number of hydrogen-bond acceptors (Lipinski definition) is 9. The van der Waals surface area contributed by atoms with Crippen LogP contribution in [0.3, 0.4) is 0 Å². The predicted octanol–water partition coefficient (Wildman–Crippen LogP) is 9.11. The molecule has 55 heavy (non-hydrogen) atoms. The van der Waals surface area contributed by atoms with Gasteiger partial charge in [0.25, 0.3) is 11.8 Å². The molecular formula is C43H38N4O6S2. The van der Waals surface area contributed by atoms with Crippen molar-refractivity contribution in [1.82, 2.24) is 10.3 Å². The molecule has 1 aromatic heterocycles. The van der Waals surface area contributed by atoms with Crippen LogP contribution in [0.5, 0.6) is 17.2 Å². The maximum Gasteiger partial charge on any atom is 0.272 e. The molecule has 0 spiro atoms. The second kappa shape index (κ2) is 18.6. The first-order valence-electron chi connectivity index (χ1n) is 17.3. The Morgan fingerprint density at radius 3 is 2.24 bits per heavy atom. The van der Waals surface area contributed by atoms with E-state index in [9.17, 15) is 14.4 Å². The highest BCUT2D eigenvalue weighted by Gasteiger charge is 2.24. The SMILES string of the molecule is CCOc1ccc(-c2csc(NC(=O)C(Sc3cccc(NC(=O)/C(=C\c4ccc(OC)c(OC)c4)NC(=O)c4ccccc4)c3)c3ccccc3)n2)cc1. The number of benzene rings is 5. The van der Waals surface area contributed by atoms with Crippen molar-refractivity contribution < 1.29 is 28.6 Å². The molecule has 0 aliphatic heterocycles. The van der Waals surface area contributed by atoms with Gasteiger partial charge in [-0.3, -0.25) is 14.4 Å². The molecule has 1 heterocycles. The third kappa shape index (κ3) is 10.2. The number of thiazole rings is 1. The van der Waals surface area contributed by atoms with E-state index in [0.29, 0.717) is 40.1 Å². The lowest BCUT2D eigenvalue weighted by molar-refractivity contribution is -0.116. The second-order valence-corrected chi connectivity index (χ2v) is 13.9. The molecule has 0 aliphatic carbocycles. The van der Waals surface area contributed by atoms with Gasteiger partial charge in [-0.05, 0) is 90.9 Å². The molecule has 3 amide bonds. The number of methoxy groups -OCH3 is 2. The van der Waals surface area contributed by atoms with Crippen molar-refractivity contribution in [3.05, 3.63) is 155 Å². The van der Waals surface area contributed by atoms with Crippen LogP contribution in [-0.4, -0.2) is 43.5 Å². The number of aromatic nitrogens is 1. The maximum absolute atomic E-state index is 13.9. The van der Waals surface area contributed by atoms with Crippen LogP contribution in [-0.2, 0) is 9.59 Å². The smallest absolute Gasteiger partial charge is 0.272 e. The average Bonchev–Trinajstić information content (AvgIpc) is 3.69. The Balaban J connectivity index is 1.21. The van der Waals surface area contributed by atoms with Crippen molar-refractivity contribution >= 4 is 57.7 Å². The van der Waals surface area contributed by atoms with E-state index < -0.39 is 17.1 Å². The van der Waals surface area contributed by atoms with Crippen molar-refractivity contribution in [3.8, 4) is 28.5 Å². The van der Waals surface area contributed by atoms with Crippen LogP contribution < -0.4 is 30.2 Å². The van der Waals surface area contributed by atoms with E-state index >= 15 is 0 Å². The molecule has 0 fully saturated rings. The molecule has 6 aromatic rings. The molecule has 0 bridgehead atoms. The Bertz CT molecular complexity index is 2280. The summed E-state index contributed by atoms with van der Waals surface area (Å²) in [4.78, 5) is 46.4. The zero-order chi connectivity index (χ0) is 38.6. The molecule has 6 rings (SSSR count). The van der Waals surface area contributed by atoms with Crippen LogP contribution >= 0.6 is 23.1 Å². The lowest BCUT2D eigenvalue weighted by Crippen LogP contribution is -2.30. The average molecular weight is 771 g/mol. The summed E-state index contributed by atoms with van der Waals surface area (Å²) in [6.07, 6.45) is 1.56. The molecule has 0 saturated carbocycles. The zero-order valence-electron chi connectivity index (χ0n) is 30.3. The lowest BCUT2D eigenvalue weighted by Gasteiger charge is -2.17. The van der Waals surface area contributed by atoms with Crippen molar-refractivity contribution in [1.29, 1.82) is 0 Å². The summed E-state index contributed by atoms with van der Waals surface area (Å²) in [7, 11) is 3.06. The van der Waals surface area contributed by atoms with Crippen molar-refractivity contribution in [2.45, 2.75) is 17.1 Å². The van der Waals surface area contributed by atoms with Crippen LogP contribution in [0.15, 0.2) is 143 Å². The molecule has 0 saturated heterocycles. The molecule has 10 nitrogen and oxygen atoms in total. The summed E-state index contributed by atoms with van der Waals surface area (Å²) < 4.78 is 16.3. The molecule has 1 atom stereocenters. The van der Waals surface area contributed by atoms with Gasteiger partial charge in [-0.2, -0.15) is 0 Å². The zero-order valence-corrected chi connectivity index (χ0v) is 31.9. The Hall–Kier alpha value is -6.37. The highest BCUT2D eigenvalue weighted by Crippen LogP contribution is 2.38. The largest absolute Gasteiger partial charge is 0.494 e. The fourth-order valence-corrected chi connectivity index (χ4v) is 7.26. The van der Waals surface area contributed by atoms with Gasteiger partial charge in [-0.25, -0.2) is 4.98 Å². The van der Waals surface area contributed by atoms with Gasteiger partial charge in [-0.15, -0.1) is 23.1 Å². The topological polar surface area (TPSA) is 128 Å². The Kier molecular flexibility index (Phi) is 13.0. The molecule has 0 aliphatic rings. The number of amides is 3. The second-order valence-electron chi connectivity index (χ2n) is 11.9. The number of nitrogens with one attached hydrogen (secondary N) is 3. The fraction of sp³-hybridized carbons (Fsp3) is 0.116. The van der Waals surface area contributed by atoms with Crippen molar-refractivity contribution in [3.63, 3.8) is 0 Å². The normalized spacial score (nSPS) is 11.6. The summed E-state index contributed by atoms with van der Waals surface area (Å²) in [6, 6.07) is 38.1. The van der Waals surface area contributed by atoms with Gasteiger partial charge in [0, 0.05) is 27.1 Å². The molecule has 0 radical (unpaired) electrons. The number of anilines is 2. The Morgan fingerprint density at radius 1 is 0.800 bits per heavy atom. The van der Waals surface area contributed by atoms with Gasteiger partial charge in [0.2, 0.25) is 5.91 Å². The highest BCUT2D eigenvalue weighted by atomic mass is 32.2. The van der Waals surface area contributed by atoms with Crippen LogP contribution in [0.4, 0.5) is 10.8 Å². The molecule has 3 N–H and O–H groups in total. The number of carbonyl (C=O) groups excluding carboxylic acids is 3. The number of rotatable bonds is 15. The molecule has 1 unspecified atom stereocenters. The molecule has 5 aromatic carbocycles. The van der Waals surface area contributed by atoms with E-state index in [1.54, 1.807) is 72.8 Å². The van der Waals surface area contributed by atoms with E-state index in [1.165, 1.54) is 37.3 Å². The van der Waals surface area contributed by atoms with Crippen LogP contribution in [0, 0.1) is 0 Å². The van der Waals surface area contributed by atoms with Crippen LogP contribution in [0.2, 0.25) is 0 Å². The van der Waals surface area contributed by atoms with E-state index in [4.69, 9.17) is 14.2 Å². The van der Waals surface area contributed by atoms with Crippen LogP contribution in [0.25, 0.3) is 17.3 Å². The first-order valence-corrected chi connectivity index (χ1v) is 19.0. The Morgan fingerprint density at radius 2 is 1.53 bits per heavy atom. The Labute approximate surface area is 327 Å². The number of carbonyl (C=O) groups is 3. The lowest BCUT2D eigenvalue weighted by atomic mass is 10.1. The van der Waals surface area contributed by atoms with Crippen molar-refractivity contribution in [2.24, 2.45) is 0 Å². The van der Waals surface area contributed by atoms with E-state index in [2.05, 4.69) is 20.9 Å². The van der Waals surface area contributed by atoms with Gasteiger partial charge >= 0.3 is 0 Å². The van der Waals surface area contributed by atoms with Gasteiger partial charge in [-0.1, -0.05) is 60.7 Å². The predicted molar refractivity (Wildman–Crippen MR) is 219 cm³/mol. The number of ether oxygens (including phenoxy) is 3. The summed E-state index contributed by atoms with van der Waals surface area (Å²) in [5.41, 5.74) is 3.92. The highest BCUT2D eigenvalue weighted by molar-refractivity contribution is 8.00. The molecular weight excluding hydrogens is 733 g/mol. The first kappa shape index (κ1) is 38.4. The van der Waals surface area contributed by atoms with Gasteiger partial charge < -0.3 is 30.2 Å². The third-order valence-corrected chi connectivity index (χ3v) is 10.1. The maximum atomic E-state index is 13.9. The van der Waals surface area contributed by atoms with Gasteiger partial charge in [0.1, 0.15) is 16.7 Å². The standard InChI is InChI=1S/C43H38N4O6S2/c1-4-53-33-21-19-29(20-22-33)36-27-54-43(46-36)47-42(50)39(30-12-7-5-8-13-30)55-34-17-11-16-32(26-34)44-41(49)35(45-40(48)31-14-9-6-10-15-31)24-28-18-23-37(51-2)38(25-28)52-3/h5-27,39H,4H2,1-3H3,(H,44,49)(H,45,48)(H,46,47,50)/b35-24+. The van der Waals surface area contributed by atoms with Crippen LogP contribution in [0.1, 0.15) is 33.7 Å². The monoisotopic (exact) mass is 770 g/mol. The molecule has 278 valence electrons. The summed E-state index contributed by atoms with van der Waals surface area (Å²) in [5.74, 6) is 0.525. The first-order chi connectivity index (χ1) is 26.8. The molecule has 12 heteroatoms. The minimum absolute atomic E-state index is 0.00808. The number of thioether (sulfide) groups is 1. The van der Waals surface area contributed by atoms with Gasteiger partial charge in [0.15, 0.2) is 16.6 Å². The number of hydrogen-bond donors (Lipinski definition) is 3. The minimum Gasteiger partial charge on any atom is -0.494 e. The third-order valence-electron chi connectivity index (χ3n) is 8.13. The fourth-order valence-electron chi connectivity index (χ4n) is 5.46. The van der Waals surface area contributed by atoms with E-state index in [1.807, 2.05) is 73.0 Å². The summed E-state index contributed by atoms with van der Waals surface area (Å²) >= 11 is 2.68. The van der Waals surface area contributed by atoms with Gasteiger partial charge in [0.05, 0.1) is 26.5 Å². The summed E-state index contributed by atoms with van der Waals surface area (Å²) in [5, 5.41) is 10.4. The van der Waals surface area contributed by atoms with Crippen molar-refractivity contribution in [2.75, 3.05) is 31.5 Å². The summed E-state index contributed by atoms with van der Waals surface area (Å²) in [6.45, 7) is 2.52. The van der Waals surface area contributed by atoms with E-state index in [0.717, 1.165) is 27.5 Å². The van der Waals surface area contributed by atoms with E-state index in [-0.39, 0.29) is 11.6 Å². The number of nitrogens with zero attached hydrogens (tertiary/aromatic N) is 1.